The number of carbonyl (C=O) groups excluding carboxylic acids is 1. The van der Waals surface area contributed by atoms with Crippen LogP contribution in [0.1, 0.15) is 31.6 Å². The molecule has 2 heterocycles. The number of nitrogens with one attached hydrogen (secondary N) is 3. The monoisotopic (exact) mass is 252 g/mol. The number of H-pyrrole nitrogens is 1. The average molecular weight is 252 g/mol. The van der Waals surface area contributed by atoms with Gasteiger partial charge >= 0.3 is 0 Å². The Morgan fingerprint density at radius 1 is 1.61 bits per heavy atom. The lowest BCUT2D eigenvalue weighted by atomic mass is 10.1. The van der Waals surface area contributed by atoms with Crippen LogP contribution in [-0.2, 0) is 9.53 Å². The molecule has 1 atom stereocenters. The van der Waals surface area contributed by atoms with E-state index in [2.05, 4.69) is 20.6 Å². The fourth-order valence-corrected chi connectivity index (χ4v) is 2.02. The molecule has 0 spiro atoms. The van der Waals surface area contributed by atoms with E-state index in [1.165, 1.54) is 0 Å². The standard InChI is InChI=1S/C12H20N4O2/c1-9(12-14-6-7-15-12)16-11(17)8-18-10-2-4-13-5-3-10/h6-7,9-10,13H,2-5,8H2,1H3,(H,14,15)(H,16,17). The lowest BCUT2D eigenvalue weighted by Crippen LogP contribution is -2.36. The number of imidazole rings is 1. The van der Waals surface area contributed by atoms with Crippen LogP contribution in [-0.4, -0.2) is 41.7 Å². The van der Waals surface area contributed by atoms with E-state index in [0.717, 1.165) is 31.8 Å². The first-order chi connectivity index (χ1) is 8.75. The molecule has 3 N–H and O–H groups in total. The summed E-state index contributed by atoms with van der Waals surface area (Å²) in [5.74, 6) is 0.655. The van der Waals surface area contributed by atoms with Crippen LogP contribution in [0, 0.1) is 0 Å². The average Bonchev–Trinajstić information content (AvgIpc) is 2.91. The summed E-state index contributed by atoms with van der Waals surface area (Å²) in [5.41, 5.74) is 0. The van der Waals surface area contributed by atoms with Gasteiger partial charge in [0, 0.05) is 12.4 Å². The van der Waals surface area contributed by atoms with Gasteiger partial charge in [0.05, 0.1) is 12.1 Å². The molecule has 0 saturated carbocycles. The van der Waals surface area contributed by atoms with Gasteiger partial charge in [-0.2, -0.15) is 0 Å². The van der Waals surface area contributed by atoms with E-state index in [4.69, 9.17) is 4.74 Å². The first kappa shape index (κ1) is 13.0. The van der Waals surface area contributed by atoms with Gasteiger partial charge in [0.1, 0.15) is 12.4 Å². The Hall–Kier alpha value is -1.40. The predicted molar refractivity (Wildman–Crippen MR) is 67.0 cm³/mol. The van der Waals surface area contributed by atoms with Gasteiger partial charge in [-0.1, -0.05) is 0 Å². The fourth-order valence-electron chi connectivity index (χ4n) is 2.02. The maximum absolute atomic E-state index is 11.7. The molecule has 1 aliphatic heterocycles. The molecule has 1 saturated heterocycles. The summed E-state index contributed by atoms with van der Waals surface area (Å²) < 4.78 is 5.58. The Labute approximate surface area is 107 Å². The second kappa shape index (κ2) is 6.51. The molecule has 1 aliphatic rings. The van der Waals surface area contributed by atoms with E-state index in [1.54, 1.807) is 12.4 Å². The highest BCUT2D eigenvalue weighted by atomic mass is 16.5. The zero-order valence-corrected chi connectivity index (χ0v) is 10.6. The summed E-state index contributed by atoms with van der Waals surface area (Å²) in [4.78, 5) is 18.8. The molecule has 18 heavy (non-hydrogen) atoms. The molecule has 0 radical (unpaired) electrons. The number of aromatic amines is 1. The molecule has 0 aromatic carbocycles. The Bertz CT molecular complexity index is 360. The van der Waals surface area contributed by atoms with Gasteiger partial charge in [0.2, 0.25) is 5.91 Å². The predicted octanol–water partition coefficient (Wildman–Crippen LogP) is 0.356. The molecule has 0 aliphatic carbocycles. The quantitative estimate of drug-likeness (QED) is 0.707. The van der Waals surface area contributed by atoms with Crippen LogP contribution in [0.15, 0.2) is 12.4 Å². The number of nitrogens with zero attached hydrogens (tertiary/aromatic N) is 1. The van der Waals surface area contributed by atoms with Gasteiger partial charge in [-0.05, 0) is 32.9 Å². The van der Waals surface area contributed by atoms with Crippen molar-refractivity contribution < 1.29 is 9.53 Å². The van der Waals surface area contributed by atoms with E-state index in [1.807, 2.05) is 6.92 Å². The van der Waals surface area contributed by atoms with Crippen molar-refractivity contribution in [3.05, 3.63) is 18.2 Å². The summed E-state index contributed by atoms with van der Waals surface area (Å²) in [6, 6.07) is -0.121. The molecule has 0 bridgehead atoms. The number of piperidine rings is 1. The highest BCUT2D eigenvalue weighted by Crippen LogP contribution is 2.08. The molecule has 100 valence electrons. The lowest BCUT2D eigenvalue weighted by Gasteiger charge is -2.23. The zero-order chi connectivity index (χ0) is 12.8. The third-order valence-electron chi connectivity index (χ3n) is 3.04. The van der Waals surface area contributed by atoms with Crippen molar-refractivity contribution in [1.82, 2.24) is 20.6 Å². The summed E-state index contributed by atoms with van der Waals surface area (Å²) in [5, 5.41) is 6.11. The Morgan fingerprint density at radius 2 is 2.39 bits per heavy atom. The number of ether oxygens (including phenoxy) is 1. The molecule has 6 heteroatoms. The summed E-state index contributed by atoms with van der Waals surface area (Å²) in [6.45, 7) is 3.95. The molecule has 1 aromatic heterocycles. The number of carbonyl (C=O) groups is 1. The highest BCUT2D eigenvalue weighted by Gasteiger charge is 2.16. The zero-order valence-electron chi connectivity index (χ0n) is 10.6. The number of hydrogen-bond donors (Lipinski definition) is 3. The summed E-state index contributed by atoms with van der Waals surface area (Å²) >= 11 is 0. The van der Waals surface area contributed by atoms with Crippen LogP contribution in [0.3, 0.4) is 0 Å². The smallest absolute Gasteiger partial charge is 0.246 e. The third-order valence-corrected chi connectivity index (χ3v) is 3.04. The fraction of sp³-hybridized carbons (Fsp3) is 0.667. The Balaban J connectivity index is 1.68. The number of rotatable bonds is 5. The van der Waals surface area contributed by atoms with Crippen molar-refractivity contribution in [2.24, 2.45) is 0 Å². The normalized spacial score (nSPS) is 18.5. The summed E-state index contributed by atoms with van der Waals surface area (Å²) in [6.07, 6.45) is 5.56. The molecule has 6 nitrogen and oxygen atoms in total. The molecule has 1 fully saturated rings. The lowest BCUT2D eigenvalue weighted by molar-refractivity contribution is -0.128. The minimum absolute atomic E-state index is 0.0996. The van der Waals surface area contributed by atoms with Gasteiger partial charge < -0.3 is 20.4 Å². The second-order valence-corrected chi connectivity index (χ2v) is 4.52. The highest BCUT2D eigenvalue weighted by molar-refractivity contribution is 5.77. The van der Waals surface area contributed by atoms with E-state index < -0.39 is 0 Å². The second-order valence-electron chi connectivity index (χ2n) is 4.52. The third kappa shape index (κ3) is 3.82. The SMILES string of the molecule is CC(NC(=O)COC1CCNCC1)c1ncc[nH]1. The van der Waals surface area contributed by atoms with Crippen molar-refractivity contribution >= 4 is 5.91 Å². The van der Waals surface area contributed by atoms with Crippen LogP contribution in [0.25, 0.3) is 0 Å². The minimum atomic E-state index is -0.121. The molecule has 2 rings (SSSR count). The van der Waals surface area contributed by atoms with Crippen LogP contribution in [0.4, 0.5) is 0 Å². The maximum atomic E-state index is 11.7. The first-order valence-corrected chi connectivity index (χ1v) is 6.36. The van der Waals surface area contributed by atoms with Crippen LogP contribution >= 0.6 is 0 Å². The van der Waals surface area contributed by atoms with E-state index in [-0.39, 0.29) is 24.7 Å². The van der Waals surface area contributed by atoms with Crippen molar-refractivity contribution in [3.63, 3.8) is 0 Å². The van der Waals surface area contributed by atoms with Crippen LogP contribution in [0.5, 0.6) is 0 Å². The Kier molecular flexibility index (Phi) is 4.72. The molecule has 1 amide bonds. The number of amides is 1. The van der Waals surface area contributed by atoms with Gasteiger partial charge in [0.25, 0.3) is 0 Å². The van der Waals surface area contributed by atoms with Gasteiger partial charge in [-0.15, -0.1) is 0 Å². The van der Waals surface area contributed by atoms with Crippen LogP contribution < -0.4 is 10.6 Å². The summed E-state index contributed by atoms with van der Waals surface area (Å²) in [7, 11) is 0. The van der Waals surface area contributed by atoms with Crippen molar-refractivity contribution in [2.75, 3.05) is 19.7 Å². The maximum Gasteiger partial charge on any atom is 0.246 e. The number of hydrogen-bond acceptors (Lipinski definition) is 4. The van der Waals surface area contributed by atoms with E-state index >= 15 is 0 Å². The first-order valence-electron chi connectivity index (χ1n) is 6.36. The minimum Gasteiger partial charge on any atom is -0.368 e. The van der Waals surface area contributed by atoms with Crippen molar-refractivity contribution in [3.8, 4) is 0 Å². The van der Waals surface area contributed by atoms with Crippen molar-refractivity contribution in [1.29, 1.82) is 0 Å². The Morgan fingerprint density at radius 3 is 3.06 bits per heavy atom. The van der Waals surface area contributed by atoms with Gasteiger partial charge in [0.15, 0.2) is 0 Å². The largest absolute Gasteiger partial charge is 0.368 e. The van der Waals surface area contributed by atoms with E-state index in [0.29, 0.717) is 0 Å². The van der Waals surface area contributed by atoms with Crippen LogP contribution in [0.2, 0.25) is 0 Å². The molecular formula is C12H20N4O2. The van der Waals surface area contributed by atoms with Gasteiger partial charge in [-0.3, -0.25) is 4.79 Å². The number of aromatic nitrogens is 2. The van der Waals surface area contributed by atoms with E-state index in [9.17, 15) is 4.79 Å². The molecular weight excluding hydrogens is 232 g/mol. The topological polar surface area (TPSA) is 79.0 Å². The molecule has 1 unspecified atom stereocenters. The molecule has 1 aromatic rings. The van der Waals surface area contributed by atoms with Gasteiger partial charge in [-0.25, -0.2) is 4.98 Å². The van der Waals surface area contributed by atoms with Crippen molar-refractivity contribution in [2.45, 2.75) is 31.9 Å².